The van der Waals surface area contributed by atoms with Gasteiger partial charge in [-0.25, -0.2) is 4.99 Å². The monoisotopic (exact) mass is 459 g/mol. The van der Waals surface area contributed by atoms with Crippen LogP contribution in [0.3, 0.4) is 0 Å². The average molecular weight is 459 g/mol. The summed E-state index contributed by atoms with van der Waals surface area (Å²) in [5.74, 6) is -0.823. The summed E-state index contributed by atoms with van der Waals surface area (Å²) in [7, 11) is 6.03. The van der Waals surface area contributed by atoms with Crippen LogP contribution < -0.4 is 16.3 Å². The fourth-order valence-corrected chi connectivity index (χ4v) is 4.64. The number of fused-ring (bicyclic) bond motifs is 2. The standard InChI is InChI=1S/C27H18BN3O2S/c28-20-10-6-9-18(15-20)25-21-11-4-5-12-23(21)34-24-14-13-19(16-22(24)29-25)27(33)31-30-26(32)17-7-2-1-3-8-17/h1-16H,(H,30,32)(H,31,33). The van der Waals surface area contributed by atoms with Crippen LogP contribution in [0.4, 0.5) is 5.69 Å². The number of benzene rings is 4. The van der Waals surface area contributed by atoms with Gasteiger partial charge >= 0.3 is 0 Å². The van der Waals surface area contributed by atoms with E-state index in [-0.39, 0.29) is 0 Å². The second kappa shape index (κ2) is 9.41. The molecule has 34 heavy (non-hydrogen) atoms. The van der Waals surface area contributed by atoms with Crippen LogP contribution in [0.2, 0.25) is 0 Å². The van der Waals surface area contributed by atoms with Gasteiger partial charge in [-0.1, -0.05) is 77.9 Å². The third-order valence-electron chi connectivity index (χ3n) is 5.30. The number of rotatable bonds is 3. The second-order valence-corrected chi connectivity index (χ2v) is 8.72. The van der Waals surface area contributed by atoms with E-state index in [0.717, 1.165) is 26.6 Å². The normalized spacial score (nSPS) is 11.9. The van der Waals surface area contributed by atoms with Gasteiger partial charge in [0.15, 0.2) is 0 Å². The van der Waals surface area contributed by atoms with E-state index < -0.39 is 11.8 Å². The van der Waals surface area contributed by atoms with Gasteiger partial charge < -0.3 is 0 Å². The molecular weight excluding hydrogens is 441 g/mol. The van der Waals surface area contributed by atoms with E-state index in [1.54, 1.807) is 48.2 Å². The molecule has 2 amide bonds. The number of aliphatic imine (C=N–C) groups is 1. The molecule has 0 unspecified atom stereocenters. The minimum atomic E-state index is -0.431. The van der Waals surface area contributed by atoms with Gasteiger partial charge in [0.05, 0.1) is 11.4 Å². The molecule has 2 N–H and O–H groups in total. The zero-order chi connectivity index (χ0) is 23.5. The van der Waals surface area contributed by atoms with Gasteiger partial charge in [-0.2, -0.15) is 0 Å². The van der Waals surface area contributed by atoms with E-state index in [9.17, 15) is 9.59 Å². The van der Waals surface area contributed by atoms with Crippen LogP contribution in [0.1, 0.15) is 31.8 Å². The van der Waals surface area contributed by atoms with Crippen molar-refractivity contribution in [2.45, 2.75) is 9.79 Å². The molecule has 1 aliphatic heterocycles. The minimum absolute atomic E-state index is 0.384. The highest BCUT2D eigenvalue weighted by molar-refractivity contribution is 7.99. The Bertz CT molecular complexity index is 1440. The fourth-order valence-electron chi connectivity index (χ4n) is 3.64. The van der Waals surface area contributed by atoms with Gasteiger partial charge in [0.25, 0.3) is 11.8 Å². The number of carbonyl (C=O) groups excluding carboxylic acids is 2. The minimum Gasteiger partial charge on any atom is -0.267 e. The molecule has 1 aliphatic rings. The van der Waals surface area contributed by atoms with Gasteiger partial charge in [-0.05, 0) is 36.4 Å². The Morgan fingerprint density at radius 1 is 0.706 bits per heavy atom. The molecule has 1 heterocycles. The summed E-state index contributed by atoms with van der Waals surface area (Å²) in [4.78, 5) is 32.0. The van der Waals surface area contributed by atoms with Gasteiger partial charge in [0.1, 0.15) is 7.85 Å². The van der Waals surface area contributed by atoms with Gasteiger partial charge in [0.2, 0.25) is 0 Å². The molecule has 0 spiro atoms. The molecule has 0 saturated carbocycles. The van der Waals surface area contributed by atoms with Crippen molar-refractivity contribution in [1.29, 1.82) is 0 Å². The lowest BCUT2D eigenvalue weighted by Crippen LogP contribution is -2.41. The molecule has 7 heteroatoms. The first-order valence-electron chi connectivity index (χ1n) is 10.6. The molecule has 4 aromatic rings. The Balaban J connectivity index is 1.47. The smallest absolute Gasteiger partial charge is 0.267 e. The molecule has 0 saturated heterocycles. The fraction of sp³-hybridized carbons (Fsp3) is 0. The Morgan fingerprint density at radius 3 is 2.24 bits per heavy atom. The summed E-state index contributed by atoms with van der Waals surface area (Å²) in [5, 5.41) is 0. The Morgan fingerprint density at radius 2 is 1.44 bits per heavy atom. The molecule has 5 nitrogen and oxygen atoms in total. The van der Waals surface area contributed by atoms with Crippen LogP contribution in [0, 0.1) is 0 Å². The molecular formula is C27H18BN3O2S. The largest absolute Gasteiger partial charge is 0.269 e. The Kier molecular flexibility index (Phi) is 6.02. The van der Waals surface area contributed by atoms with Crippen LogP contribution >= 0.6 is 11.8 Å². The van der Waals surface area contributed by atoms with Crippen molar-refractivity contribution in [3.8, 4) is 0 Å². The summed E-state index contributed by atoms with van der Waals surface area (Å²) in [6, 6.07) is 29.6. The van der Waals surface area contributed by atoms with Crippen LogP contribution in [0.15, 0.2) is 112 Å². The Hall–Kier alpha value is -4.10. The number of amides is 2. The summed E-state index contributed by atoms with van der Waals surface area (Å²) in [5.41, 5.74) is 9.75. The van der Waals surface area contributed by atoms with E-state index in [1.165, 1.54) is 0 Å². The van der Waals surface area contributed by atoms with E-state index in [2.05, 4.69) is 16.9 Å². The molecule has 0 fully saturated rings. The van der Waals surface area contributed by atoms with Crippen LogP contribution in [0.25, 0.3) is 0 Å². The second-order valence-electron chi connectivity index (χ2n) is 7.64. The molecule has 0 atom stereocenters. The summed E-state index contributed by atoms with van der Waals surface area (Å²) < 4.78 is 0. The predicted octanol–water partition coefficient (Wildman–Crippen LogP) is 4.19. The van der Waals surface area contributed by atoms with Gasteiger partial charge in [-0.3, -0.25) is 20.4 Å². The predicted molar refractivity (Wildman–Crippen MR) is 136 cm³/mol. The summed E-state index contributed by atoms with van der Waals surface area (Å²) in [6.07, 6.45) is 0. The zero-order valence-corrected chi connectivity index (χ0v) is 18.8. The number of hydrazine groups is 1. The van der Waals surface area contributed by atoms with Crippen molar-refractivity contribution in [1.82, 2.24) is 10.9 Å². The first kappa shape index (κ1) is 21.7. The Labute approximate surface area is 202 Å². The third kappa shape index (κ3) is 4.51. The molecule has 0 aromatic heterocycles. The molecule has 0 aliphatic carbocycles. The van der Waals surface area contributed by atoms with Gasteiger partial charge in [-0.15, -0.1) is 0 Å². The first-order valence-corrected chi connectivity index (χ1v) is 11.4. The third-order valence-corrected chi connectivity index (χ3v) is 6.44. The van der Waals surface area contributed by atoms with Crippen molar-refractivity contribution in [3.05, 3.63) is 119 Å². The highest BCUT2D eigenvalue weighted by Gasteiger charge is 2.20. The number of carbonyl (C=O) groups is 2. The first-order chi connectivity index (χ1) is 16.6. The maximum absolute atomic E-state index is 12.8. The zero-order valence-electron chi connectivity index (χ0n) is 18.0. The quantitative estimate of drug-likeness (QED) is 0.314. The number of nitrogens with zero attached hydrogens (tertiary/aromatic N) is 1. The molecule has 4 aromatic carbocycles. The number of hydrogen-bond acceptors (Lipinski definition) is 4. The van der Waals surface area contributed by atoms with Crippen molar-refractivity contribution in [3.63, 3.8) is 0 Å². The van der Waals surface area contributed by atoms with Crippen molar-refractivity contribution >= 4 is 48.3 Å². The molecule has 2 radical (unpaired) electrons. The maximum atomic E-state index is 12.8. The lowest BCUT2D eigenvalue weighted by molar-refractivity contribution is 0.0846. The van der Waals surface area contributed by atoms with Crippen molar-refractivity contribution in [2.75, 3.05) is 0 Å². The topological polar surface area (TPSA) is 70.6 Å². The molecule has 5 rings (SSSR count). The van der Waals surface area contributed by atoms with Crippen molar-refractivity contribution in [2.24, 2.45) is 4.99 Å². The highest BCUT2D eigenvalue weighted by atomic mass is 32.2. The van der Waals surface area contributed by atoms with E-state index in [0.29, 0.717) is 22.3 Å². The van der Waals surface area contributed by atoms with E-state index >= 15 is 0 Å². The number of nitrogens with one attached hydrogen (secondary N) is 2. The van der Waals surface area contributed by atoms with E-state index in [1.807, 2.05) is 54.6 Å². The summed E-state index contributed by atoms with van der Waals surface area (Å²) in [6.45, 7) is 0. The SMILES string of the molecule is [B]c1cccc(C2=Nc3cc(C(=O)NNC(=O)c4ccccc4)ccc3Sc3ccccc32)c1. The van der Waals surface area contributed by atoms with E-state index in [4.69, 9.17) is 12.8 Å². The number of hydrogen-bond donors (Lipinski definition) is 2. The van der Waals surface area contributed by atoms with Crippen molar-refractivity contribution < 1.29 is 9.59 Å². The van der Waals surface area contributed by atoms with Crippen LogP contribution in [-0.2, 0) is 0 Å². The molecule has 0 bridgehead atoms. The maximum Gasteiger partial charge on any atom is 0.269 e. The lowest BCUT2D eigenvalue weighted by Gasteiger charge is -2.10. The highest BCUT2D eigenvalue weighted by Crippen LogP contribution is 2.41. The molecule has 162 valence electrons. The average Bonchev–Trinajstić information content (AvgIpc) is 3.04. The van der Waals surface area contributed by atoms with Gasteiger partial charge in [0, 0.05) is 32.0 Å². The van der Waals surface area contributed by atoms with Crippen LogP contribution in [-0.4, -0.2) is 25.4 Å². The summed E-state index contributed by atoms with van der Waals surface area (Å²) >= 11 is 1.59. The lowest BCUT2D eigenvalue weighted by atomic mass is 9.91. The van der Waals surface area contributed by atoms with Crippen LogP contribution in [0.5, 0.6) is 0 Å².